The topological polar surface area (TPSA) is 61.6 Å². The highest BCUT2D eigenvalue weighted by atomic mass is 16.8. The lowest BCUT2D eigenvalue weighted by Gasteiger charge is -2.33. The van der Waals surface area contributed by atoms with Gasteiger partial charge < -0.3 is 9.47 Å². The van der Waals surface area contributed by atoms with E-state index in [1.807, 2.05) is 47.6 Å². The number of nitro benzene ring substituents is 1. The average molecular weight is 293 g/mol. The van der Waals surface area contributed by atoms with Crippen LogP contribution in [-0.2, 0) is 15.3 Å². The Kier molecular flexibility index (Phi) is 3.62. The molecule has 1 aliphatic heterocycles. The van der Waals surface area contributed by atoms with E-state index < -0.39 is 21.9 Å². The maximum atomic E-state index is 11.0. The molecule has 0 bridgehead atoms. The van der Waals surface area contributed by atoms with Gasteiger partial charge in [0.2, 0.25) is 0 Å². The van der Waals surface area contributed by atoms with Crippen molar-refractivity contribution in [3.05, 3.63) is 39.9 Å². The fourth-order valence-electron chi connectivity index (χ4n) is 2.55. The highest BCUT2D eigenvalue weighted by Crippen LogP contribution is 2.52. The van der Waals surface area contributed by atoms with Gasteiger partial charge in [0.1, 0.15) is 0 Å². The third-order valence-corrected chi connectivity index (χ3v) is 4.48. The minimum atomic E-state index is -0.973. The largest absolute Gasteiger partial charge is 0.337 e. The van der Waals surface area contributed by atoms with Crippen molar-refractivity contribution in [3.63, 3.8) is 0 Å². The number of non-ortho nitro benzene ring substituents is 1. The van der Waals surface area contributed by atoms with Crippen LogP contribution in [0.5, 0.6) is 0 Å². The van der Waals surface area contributed by atoms with Crippen LogP contribution in [0.2, 0.25) is 0 Å². The van der Waals surface area contributed by atoms with Crippen molar-refractivity contribution >= 4 is 5.69 Å². The Morgan fingerprint density at radius 1 is 1.10 bits per heavy atom. The lowest BCUT2D eigenvalue weighted by molar-refractivity contribution is -0.385. The molecule has 1 fully saturated rings. The highest BCUT2D eigenvalue weighted by Gasteiger charge is 2.59. The summed E-state index contributed by atoms with van der Waals surface area (Å²) in [4.78, 5) is 10.6. The van der Waals surface area contributed by atoms with Crippen LogP contribution < -0.4 is 0 Å². The number of hydrogen-bond donors (Lipinski definition) is 0. The second-order valence-electron chi connectivity index (χ2n) is 6.85. The highest BCUT2D eigenvalue weighted by molar-refractivity contribution is 5.37. The molecule has 0 spiro atoms. The van der Waals surface area contributed by atoms with Crippen LogP contribution in [0, 0.1) is 16.0 Å². The minimum absolute atomic E-state index is 0.0144. The van der Waals surface area contributed by atoms with Gasteiger partial charge in [-0.15, -0.1) is 0 Å². The normalized spacial score (nSPS) is 22.4. The van der Waals surface area contributed by atoms with Crippen molar-refractivity contribution in [2.45, 2.75) is 58.5 Å². The summed E-state index contributed by atoms with van der Waals surface area (Å²) >= 11 is 0. The van der Waals surface area contributed by atoms with E-state index in [1.54, 1.807) is 6.07 Å². The van der Waals surface area contributed by atoms with E-state index in [4.69, 9.17) is 9.47 Å². The molecule has 1 saturated heterocycles. The molecular weight excluding hydrogens is 270 g/mol. The molecule has 0 amide bonds. The average Bonchev–Trinajstić information content (AvgIpc) is 2.56. The van der Waals surface area contributed by atoms with Gasteiger partial charge in [-0.25, -0.2) is 0 Å². The summed E-state index contributed by atoms with van der Waals surface area (Å²) in [6.07, 6.45) is 0. The second-order valence-corrected chi connectivity index (χ2v) is 6.85. The van der Waals surface area contributed by atoms with E-state index in [1.165, 1.54) is 12.1 Å². The summed E-state index contributed by atoms with van der Waals surface area (Å²) in [7, 11) is 0. The summed E-state index contributed by atoms with van der Waals surface area (Å²) in [5.41, 5.74) is -0.267. The molecule has 0 unspecified atom stereocenters. The molecular formula is C16H23NO4. The lowest BCUT2D eigenvalue weighted by atomic mass is 9.90. The van der Waals surface area contributed by atoms with Crippen LogP contribution in [-0.4, -0.2) is 16.1 Å². The van der Waals surface area contributed by atoms with Crippen LogP contribution >= 0.6 is 0 Å². The molecule has 5 heteroatoms. The summed E-state index contributed by atoms with van der Waals surface area (Å²) < 4.78 is 12.6. The van der Waals surface area contributed by atoms with Crippen molar-refractivity contribution in [2.24, 2.45) is 5.92 Å². The Morgan fingerprint density at radius 3 is 2.05 bits per heavy atom. The molecule has 0 saturated carbocycles. The zero-order valence-corrected chi connectivity index (χ0v) is 13.5. The van der Waals surface area contributed by atoms with Gasteiger partial charge in [0.05, 0.1) is 16.1 Å². The number of nitro groups is 1. The van der Waals surface area contributed by atoms with Crippen LogP contribution in [0.25, 0.3) is 0 Å². The molecule has 116 valence electrons. The van der Waals surface area contributed by atoms with Crippen molar-refractivity contribution in [3.8, 4) is 0 Å². The van der Waals surface area contributed by atoms with Gasteiger partial charge in [-0.2, -0.15) is 0 Å². The van der Waals surface area contributed by atoms with Crippen LogP contribution in [0.3, 0.4) is 0 Å². The van der Waals surface area contributed by atoms with Gasteiger partial charge in [0.15, 0.2) is 5.79 Å². The van der Waals surface area contributed by atoms with Crippen LogP contribution in [0.15, 0.2) is 24.3 Å². The van der Waals surface area contributed by atoms with E-state index in [-0.39, 0.29) is 11.6 Å². The standard InChI is InChI=1S/C16H23NO4/c1-11(2)16(20-14(3,4)15(5,6)21-16)12-8-7-9-13(10-12)17(18)19/h7-11H,1-6H3. The summed E-state index contributed by atoms with van der Waals surface area (Å²) in [6, 6.07) is 6.51. The Labute approximate surface area is 125 Å². The molecule has 5 nitrogen and oxygen atoms in total. The molecule has 1 aromatic carbocycles. The molecule has 1 heterocycles. The van der Waals surface area contributed by atoms with Crippen molar-refractivity contribution in [1.82, 2.24) is 0 Å². The Bertz CT molecular complexity index is 547. The van der Waals surface area contributed by atoms with E-state index in [0.29, 0.717) is 5.56 Å². The van der Waals surface area contributed by atoms with Gasteiger partial charge in [-0.3, -0.25) is 10.1 Å². The third kappa shape index (κ3) is 2.45. The van der Waals surface area contributed by atoms with E-state index in [0.717, 1.165) is 0 Å². The Balaban J connectivity index is 2.56. The van der Waals surface area contributed by atoms with Gasteiger partial charge in [-0.1, -0.05) is 26.0 Å². The number of benzene rings is 1. The molecule has 0 atom stereocenters. The summed E-state index contributed by atoms with van der Waals surface area (Å²) in [5.74, 6) is -0.959. The maximum absolute atomic E-state index is 11.0. The number of rotatable bonds is 3. The second kappa shape index (κ2) is 4.78. The zero-order chi connectivity index (χ0) is 16.1. The molecule has 21 heavy (non-hydrogen) atoms. The number of hydrogen-bond acceptors (Lipinski definition) is 4. The van der Waals surface area contributed by atoms with E-state index in [2.05, 4.69) is 0 Å². The first kappa shape index (κ1) is 15.9. The first-order valence-electron chi connectivity index (χ1n) is 7.17. The zero-order valence-electron chi connectivity index (χ0n) is 13.5. The first-order chi connectivity index (χ1) is 9.52. The molecule has 0 radical (unpaired) electrons. The summed E-state index contributed by atoms with van der Waals surface area (Å²) in [5, 5.41) is 11.0. The predicted molar refractivity (Wildman–Crippen MR) is 79.9 cm³/mol. The summed E-state index contributed by atoms with van der Waals surface area (Å²) in [6.45, 7) is 11.9. The fourth-order valence-corrected chi connectivity index (χ4v) is 2.55. The number of ether oxygens (including phenoxy) is 2. The van der Waals surface area contributed by atoms with Crippen molar-refractivity contribution < 1.29 is 14.4 Å². The molecule has 0 aromatic heterocycles. The first-order valence-corrected chi connectivity index (χ1v) is 7.17. The Morgan fingerprint density at radius 2 is 1.62 bits per heavy atom. The maximum Gasteiger partial charge on any atom is 0.269 e. The Hall–Kier alpha value is -1.46. The van der Waals surface area contributed by atoms with Crippen LogP contribution in [0.4, 0.5) is 5.69 Å². The molecule has 2 rings (SSSR count). The SMILES string of the molecule is CC(C)C1(c2cccc([N+](=O)[O-])c2)OC(C)(C)C(C)(C)O1. The number of nitrogens with zero attached hydrogens (tertiary/aromatic N) is 1. The van der Waals surface area contributed by atoms with E-state index in [9.17, 15) is 10.1 Å². The minimum Gasteiger partial charge on any atom is -0.337 e. The van der Waals surface area contributed by atoms with Crippen molar-refractivity contribution in [2.75, 3.05) is 0 Å². The van der Waals surface area contributed by atoms with Gasteiger partial charge >= 0.3 is 0 Å². The molecule has 1 aromatic rings. The fraction of sp³-hybridized carbons (Fsp3) is 0.625. The smallest absolute Gasteiger partial charge is 0.269 e. The monoisotopic (exact) mass is 293 g/mol. The van der Waals surface area contributed by atoms with Gasteiger partial charge in [-0.05, 0) is 27.7 Å². The molecule has 1 aliphatic rings. The quantitative estimate of drug-likeness (QED) is 0.624. The lowest BCUT2D eigenvalue weighted by Crippen LogP contribution is -2.41. The molecule has 0 aliphatic carbocycles. The van der Waals surface area contributed by atoms with E-state index >= 15 is 0 Å². The predicted octanol–water partition coefficient (Wildman–Crippen LogP) is 4.01. The van der Waals surface area contributed by atoms with Gasteiger partial charge in [0, 0.05) is 23.6 Å². The van der Waals surface area contributed by atoms with Gasteiger partial charge in [0.25, 0.3) is 5.69 Å². The van der Waals surface area contributed by atoms with Crippen molar-refractivity contribution in [1.29, 1.82) is 0 Å². The molecule has 0 N–H and O–H groups in total. The van der Waals surface area contributed by atoms with Crippen LogP contribution in [0.1, 0.15) is 47.1 Å². The third-order valence-electron chi connectivity index (χ3n) is 4.48.